The van der Waals surface area contributed by atoms with Gasteiger partial charge in [0, 0.05) is 73.9 Å². The minimum absolute atomic E-state index is 0.120. The second kappa shape index (κ2) is 31.2. The first-order valence-electron chi connectivity index (χ1n) is 26.8. The standard InChI is InChI=1S/C55H81N7O15/c1-34(64)40(24-25-47(69)57-30-44(66)49(72)50(73)45(67)33-63)59-52(75)36(23-26-48(70)71)29-39(65)20-11-6-5-7-14-27-56-51(74)35-16-15-17-37(28-35)58-54(77)60-41-31-61(38-18-9-8-10-19-38)42-21-12-13-22-43(42)62(53(41)76)32-46(68)55(2,3)4/h12-13,15-17,21-22,28,36,38,40-41,44-45,49-50,63,66-67,72-73H,5-11,14,18-20,23-27,29-33H2,1-4H3,(H,56,74)(H,57,69)(H,59,75)(H,70,71)(H2,58,60,77)/t36-,40+,41+,44-,45+,49+,50+/m0/s1. The van der Waals surface area contributed by atoms with Crippen LogP contribution in [0.2, 0.25) is 0 Å². The SMILES string of the molecule is CC(=O)[C@@H](CCC(=O)NC[C@H](O)[C@@H](O)[C@H](O)[C@H](O)CO)NC(=O)[C@@H](CCC(=O)O)CC(=O)CCCCCCCNC(=O)c1cccc(NC(=O)N[C@@H]2CN(C3CCCCC3)c3ccccc3N(CC(=O)C(C)(C)C)C2=O)c1. The van der Waals surface area contributed by atoms with Gasteiger partial charge >= 0.3 is 12.0 Å². The van der Waals surface area contributed by atoms with Gasteiger partial charge in [-0.2, -0.15) is 0 Å². The summed E-state index contributed by atoms with van der Waals surface area (Å²) in [5.74, 6) is -5.29. The number of ketones is 3. The number of aliphatic hydroxyl groups excluding tert-OH is 5. The lowest BCUT2D eigenvalue weighted by Gasteiger charge is -2.37. The van der Waals surface area contributed by atoms with E-state index in [2.05, 4.69) is 31.5 Å². The number of nitrogens with one attached hydrogen (secondary N) is 5. The number of unbranched alkanes of at least 4 members (excludes halogenated alkanes) is 4. The Bertz CT molecular complexity index is 2340. The Morgan fingerprint density at radius 2 is 1.43 bits per heavy atom. The molecule has 1 aliphatic heterocycles. The molecular weight excluding hydrogens is 999 g/mol. The Kier molecular flexibility index (Phi) is 25.6. The average Bonchev–Trinajstić information content (AvgIpc) is 3.51. The molecule has 426 valence electrons. The Balaban J connectivity index is 1.21. The summed E-state index contributed by atoms with van der Waals surface area (Å²) in [6, 6.07) is 11.3. The number of carboxylic acids is 1. The van der Waals surface area contributed by atoms with Crippen molar-refractivity contribution in [1.29, 1.82) is 0 Å². The van der Waals surface area contributed by atoms with E-state index in [-0.39, 0.29) is 68.7 Å². The molecule has 1 aliphatic carbocycles. The van der Waals surface area contributed by atoms with Gasteiger partial charge in [0.15, 0.2) is 11.6 Å². The zero-order valence-electron chi connectivity index (χ0n) is 44.8. The van der Waals surface area contributed by atoms with Crippen LogP contribution in [0.5, 0.6) is 0 Å². The third-order valence-electron chi connectivity index (χ3n) is 14.0. The van der Waals surface area contributed by atoms with Crippen LogP contribution in [0, 0.1) is 11.3 Å². The second-order valence-corrected chi connectivity index (χ2v) is 21.2. The van der Waals surface area contributed by atoms with Crippen LogP contribution >= 0.6 is 0 Å². The van der Waals surface area contributed by atoms with Gasteiger partial charge in [0.2, 0.25) is 11.8 Å². The maximum Gasteiger partial charge on any atom is 0.319 e. The number of carboxylic acid groups (broad SMARTS) is 1. The number of anilines is 3. The smallest absolute Gasteiger partial charge is 0.319 e. The summed E-state index contributed by atoms with van der Waals surface area (Å²) in [5.41, 5.74) is 1.41. The molecule has 0 bridgehead atoms. The van der Waals surface area contributed by atoms with Gasteiger partial charge in [0.25, 0.3) is 11.8 Å². The van der Waals surface area contributed by atoms with E-state index in [1.54, 1.807) is 18.2 Å². The van der Waals surface area contributed by atoms with Crippen LogP contribution in [0.3, 0.4) is 0 Å². The molecule has 4 rings (SSSR count). The molecule has 2 aromatic carbocycles. The summed E-state index contributed by atoms with van der Waals surface area (Å²) in [7, 11) is 0. The summed E-state index contributed by atoms with van der Waals surface area (Å²) in [5, 5.41) is 70.8. The molecule has 0 radical (unpaired) electrons. The van der Waals surface area contributed by atoms with E-state index in [1.807, 2.05) is 45.0 Å². The molecule has 0 spiro atoms. The molecule has 7 atom stereocenters. The lowest BCUT2D eigenvalue weighted by molar-refractivity contribution is -0.138. The van der Waals surface area contributed by atoms with E-state index in [9.17, 15) is 68.7 Å². The van der Waals surface area contributed by atoms with Gasteiger partial charge in [-0.25, -0.2) is 4.79 Å². The lowest BCUT2D eigenvalue weighted by atomic mass is 9.90. The highest BCUT2D eigenvalue weighted by Crippen LogP contribution is 2.38. The van der Waals surface area contributed by atoms with Crippen LogP contribution in [0.1, 0.15) is 141 Å². The second-order valence-electron chi connectivity index (χ2n) is 21.2. The van der Waals surface area contributed by atoms with Crippen molar-refractivity contribution in [3.8, 4) is 0 Å². The van der Waals surface area contributed by atoms with Crippen LogP contribution in [-0.2, 0) is 33.6 Å². The van der Waals surface area contributed by atoms with Crippen molar-refractivity contribution < 1.29 is 73.8 Å². The van der Waals surface area contributed by atoms with Crippen molar-refractivity contribution in [1.82, 2.24) is 21.3 Å². The third-order valence-corrected chi connectivity index (χ3v) is 14.0. The predicted octanol–water partition coefficient (Wildman–Crippen LogP) is 2.89. The zero-order chi connectivity index (χ0) is 56.8. The number of carbonyl (C=O) groups is 9. The molecule has 1 saturated carbocycles. The topological polar surface area (TPSA) is 342 Å². The summed E-state index contributed by atoms with van der Waals surface area (Å²) in [4.78, 5) is 121. The number of para-hydroxylation sites is 2. The Hall–Kier alpha value is -6.33. The molecule has 1 fully saturated rings. The molecule has 0 aromatic heterocycles. The minimum atomic E-state index is -1.90. The third kappa shape index (κ3) is 20.5. The van der Waals surface area contributed by atoms with E-state index < -0.39 is 103 Å². The molecule has 2 aromatic rings. The van der Waals surface area contributed by atoms with Crippen LogP contribution in [0.4, 0.5) is 21.9 Å². The summed E-state index contributed by atoms with van der Waals surface area (Å²) < 4.78 is 0. The average molecular weight is 1080 g/mol. The lowest BCUT2D eigenvalue weighted by Crippen LogP contribution is -2.55. The first-order valence-corrected chi connectivity index (χ1v) is 26.8. The number of carbonyl (C=O) groups excluding carboxylic acids is 8. The van der Waals surface area contributed by atoms with Crippen molar-refractivity contribution in [2.45, 2.75) is 173 Å². The van der Waals surface area contributed by atoms with Gasteiger partial charge < -0.3 is 67.0 Å². The Morgan fingerprint density at radius 3 is 2.09 bits per heavy atom. The van der Waals surface area contributed by atoms with Gasteiger partial charge in [-0.05, 0) is 75.8 Å². The number of rotatable bonds is 31. The normalized spacial score (nSPS) is 17.3. The number of hydrogen-bond donors (Lipinski definition) is 11. The number of nitrogens with zero attached hydrogens (tertiary/aromatic N) is 2. The van der Waals surface area contributed by atoms with E-state index in [1.165, 1.54) is 17.9 Å². The van der Waals surface area contributed by atoms with Gasteiger partial charge in [-0.15, -0.1) is 0 Å². The van der Waals surface area contributed by atoms with E-state index in [0.717, 1.165) is 50.6 Å². The van der Waals surface area contributed by atoms with Crippen LogP contribution in [0.15, 0.2) is 48.5 Å². The number of hydrogen-bond acceptors (Lipinski definition) is 15. The number of urea groups is 1. The van der Waals surface area contributed by atoms with Gasteiger partial charge in [-0.1, -0.05) is 77.5 Å². The van der Waals surface area contributed by atoms with Crippen molar-refractivity contribution in [3.05, 3.63) is 54.1 Å². The summed E-state index contributed by atoms with van der Waals surface area (Å²) in [6.45, 7) is 5.61. The van der Waals surface area contributed by atoms with E-state index in [0.29, 0.717) is 42.7 Å². The molecule has 11 N–H and O–H groups in total. The minimum Gasteiger partial charge on any atom is -0.481 e. The van der Waals surface area contributed by atoms with Crippen LogP contribution < -0.4 is 36.4 Å². The fourth-order valence-electron chi connectivity index (χ4n) is 9.28. The van der Waals surface area contributed by atoms with Gasteiger partial charge in [0.1, 0.15) is 30.1 Å². The van der Waals surface area contributed by atoms with Crippen molar-refractivity contribution in [3.63, 3.8) is 0 Å². The van der Waals surface area contributed by atoms with Crippen LogP contribution in [-0.4, -0.2) is 159 Å². The number of benzene rings is 2. The predicted molar refractivity (Wildman–Crippen MR) is 286 cm³/mol. The molecule has 22 heteroatoms. The number of aliphatic hydroxyl groups is 5. The fraction of sp³-hybridized carbons (Fsp3) is 0.618. The Labute approximate surface area is 450 Å². The summed E-state index contributed by atoms with van der Waals surface area (Å²) in [6.07, 6.45) is -0.0431. The molecule has 2 aliphatic rings. The number of fused-ring (bicyclic) bond motifs is 1. The Morgan fingerprint density at radius 1 is 0.766 bits per heavy atom. The van der Waals surface area contributed by atoms with Gasteiger partial charge in [0.05, 0.1) is 36.7 Å². The number of amides is 6. The largest absolute Gasteiger partial charge is 0.481 e. The van der Waals surface area contributed by atoms with Crippen molar-refractivity contribution in [2.75, 3.05) is 47.9 Å². The van der Waals surface area contributed by atoms with Crippen LogP contribution in [0.25, 0.3) is 0 Å². The molecule has 1 heterocycles. The molecule has 6 amide bonds. The highest BCUT2D eigenvalue weighted by Gasteiger charge is 2.39. The molecule has 22 nitrogen and oxygen atoms in total. The molecule has 0 saturated heterocycles. The maximum atomic E-state index is 14.4. The first kappa shape index (κ1) is 63.2. The quantitative estimate of drug-likeness (QED) is 0.0484. The van der Waals surface area contributed by atoms with Crippen molar-refractivity contribution in [2.24, 2.45) is 11.3 Å². The molecule has 0 unspecified atom stereocenters. The highest BCUT2D eigenvalue weighted by molar-refractivity contribution is 6.08. The fourth-order valence-corrected chi connectivity index (χ4v) is 9.28. The number of Topliss-reactive ketones (excluding diaryl/α,β-unsaturated/α-hetero) is 3. The van der Waals surface area contributed by atoms with Gasteiger partial charge in [-0.3, -0.25) is 38.4 Å². The van der Waals surface area contributed by atoms with E-state index >= 15 is 0 Å². The van der Waals surface area contributed by atoms with Crippen molar-refractivity contribution >= 4 is 70.0 Å². The number of aliphatic carboxylic acids is 1. The van der Waals surface area contributed by atoms with E-state index in [4.69, 9.17) is 5.11 Å². The maximum absolute atomic E-state index is 14.4. The monoisotopic (exact) mass is 1080 g/mol. The highest BCUT2D eigenvalue weighted by atomic mass is 16.4. The molecule has 77 heavy (non-hydrogen) atoms. The summed E-state index contributed by atoms with van der Waals surface area (Å²) >= 11 is 0. The zero-order valence-corrected chi connectivity index (χ0v) is 44.8. The molecular formula is C55H81N7O15. The first-order chi connectivity index (χ1) is 36.5.